The van der Waals surface area contributed by atoms with Gasteiger partial charge in [-0.2, -0.15) is 0 Å². The first-order valence-corrected chi connectivity index (χ1v) is 7.97. The number of aryl methyl sites for hydroxylation is 1. The first kappa shape index (κ1) is 15.3. The van der Waals surface area contributed by atoms with E-state index in [-0.39, 0.29) is 11.9 Å². The number of nitrogens with one attached hydrogen (secondary N) is 1. The molecule has 0 saturated carbocycles. The molecule has 1 unspecified atom stereocenters. The van der Waals surface area contributed by atoms with E-state index in [9.17, 15) is 4.79 Å². The second kappa shape index (κ2) is 7.14. The number of amides is 1. The fourth-order valence-corrected chi connectivity index (χ4v) is 3.09. The molecule has 3 rings (SSSR count). The van der Waals surface area contributed by atoms with Crippen LogP contribution < -0.4 is 10.1 Å². The van der Waals surface area contributed by atoms with Crippen molar-refractivity contribution in [1.82, 2.24) is 5.32 Å². The number of ether oxygens (including phenoxy) is 1. The number of carbonyl (C=O) groups excluding carboxylic acids is 1. The van der Waals surface area contributed by atoms with Crippen molar-refractivity contribution >= 4 is 12.0 Å². The Morgan fingerprint density at radius 2 is 1.96 bits per heavy atom. The third kappa shape index (κ3) is 3.62. The second-order valence-electron chi connectivity index (χ2n) is 5.73. The summed E-state index contributed by atoms with van der Waals surface area (Å²) in [5.74, 6) is 0.692. The third-order valence-corrected chi connectivity index (χ3v) is 4.24. The molecule has 1 amide bonds. The van der Waals surface area contributed by atoms with E-state index in [1.54, 1.807) is 19.3 Å². The summed E-state index contributed by atoms with van der Waals surface area (Å²) in [6.45, 7) is 0. The number of rotatable bonds is 4. The van der Waals surface area contributed by atoms with E-state index < -0.39 is 0 Å². The van der Waals surface area contributed by atoms with Crippen molar-refractivity contribution in [3.63, 3.8) is 0 Å². The molecule has 1 aliphatic rings. The molecule has 0 spiro atoms. The van der Waals surface area contributed by atoms with Crippen LogP contribution in [0.4, 0.5) is 0 Å². The van der Waals surface area contributed by atoms with Gasteiger partial charge in [-0.3, -0.25) is 4.79 Å². The van der Waals surface area contributed by atoms with E-state index >= 15 is 0 Å². The number of para-hydroxylation sites is 1. The summed E-state index contributed by atoms with van der Waals surface area (Å²) in [6.07, 6.45) is 6.57. The van der Waals surface area contributed by atoms with Gasteiger partial charge in [0.15, 0.2) is 0 Å². The minimum atomic E-state index is -0.0717. The van der Waals surface area contributed by atoms with E-state index in [0.29, 0.717) is 0 Å². The van der Waals surface area contributed by atoms with Crippen molar-refractivity contribution in [2.45, 2.75) is 25.3 Å². The molecule has 118 valence electrons. The van der Waals surface area contributed by atoms with Gasteiger partial charge in [0.05, 0.1) is 13.2 Å². The summed E-state index contributed by atoms with van der Waals surface area (Å²) < 4.78 is 5.29. The van der Waals surface area contributed by atoms with Crippen molar-refractivity contribution in [1.29, 1.82) is 0 Å². The summed E-state index contributed by atoms with van der Waals surface area (Å²) >= 11 is 0. The minimum Gasteiger partial charge on any atom is -0.496 e. The molecular weight excluding hydrogens is 286 g/mol. The van der Waals surface area contributed by atoms with Crippen LogP contribution in [-0.4, -0.2) is 13.0 Å². The molecule has 0 heterocycles. The molecular formula is C20H21NO2. The molecule has 0 radical (unpaired) electrons. The molecule has 0 fully saturated rings. The highest BCUT2D eigenvalue weighted by molar-refractivity contribution is 5.92. The van der Waals surface area contributed by atoms with Crippen LogP contribution in [0.25, 0.3) is 6.08 Å². The van der Waals surface area contributed by atoms with E-state index in [0.717, 1.165) is 30.6 Å². The van der Waals surface area contributed by atoms with Gasteiger partial charge >= 0.3 is 0 Å². The topological polar surface area (TPSA) is 38.3 Å². The van der Waals surface area contributed by atoms with Gasteiger partial charge in [-0.25, -0.2) is 0 Å². The first-order chi connectivity index (χ1) is 11.3. The van der Waals surface area contributed by atoms with E-state index in [1.807, 2.05) is 30.3 Å². The minimum absolute atomic E-state index is 0.0717. The maximum atomic E-state index is 12.3. The fraction of sp³-hybridized carbons (Fsp3) is 0.250. The zero-order valence-corrected chi connectivity index (χ0v) is 13.3. The number of benzene rings is 2. The van der Waals surface area contributed by atoms with Crippen LogP contribution in [0.5, 0.6) is 5.75 Å². The van der Waals surface area contributed by atoms with Gasteiger partial charge in [-0.1, -0.05) is 42.5 Å². The predicted octanol–water partition coefficient (Wildman–Crippen LogP) is 3.90. The van der Waals surface area contributed by atoms with Crippen molar-refractivity contribution in [3.05, 3.63) is 71.3 Å². The van der Waals surface area contributed by atoms with Gasteiger partial charge in [0, 0.05) is 11.6 Å². The van der Waals surface area contributed by atoms with Crippen LogP contribution in [0.2, 0.25) is 0 Å². The highest BCUT2D eigenvalue weighted by atomic mass is 16.5. The van der Waals surface area contributed by atoms with Crippen LogP contribution in [0.1, 0.15) is 35.6 Å². The summed E-state index contributed by atoms with van der Waals surface area (Å²) in [6, 6.07) is 16.1. The Morgan fingerprint density at radius 1 is 1.17 bits per heavy atom. The van der Waals surface area contributed by atoms with E-state index in [2.05, 4.69) is 23.5 Å². The summed E-state index contributed by atoms with van der Waals surface area (Å²) in [7, 11) is 1.63. The Hall–Kier alpha value is -2.55. The van der Waals surface area contributed by atoms with Crippen molar-refractivity contribution in [2.24, 2.45) is 0 Å². The predicted molar refractivity (Wildman–Crippen MR) is 92.3 cm³/mol. The molecule has 2 aromatic rings. The molecule has 23 heavy (non-hydrogen) atoms. The zero-order valence-electron chi connectivity index (χ0n) is 13.3. The molecule has 1 aliphatic carbocycles. The zero-order chi connectivity index (χ0) is 16.1. The highest BCUT2D eigenvalue weighted by Crippen LogP contribution is 2.29. The number of hydrogen-bond acceptors (Lipinski definition) is 2. The molecule has 2 aromatic carbocycles. The largest absolute Gasteiger partial charge is 0.496 e. The Labute approximate surface area is 137 Å². The normalized spacial score (nSPS) is 16.8. The van der Waals surface area contributed by atoms with Gasteiger partial charge in [0.1, 0.15) is 5.75 Å². The molecule has 0 aliphatic heterocycles. The lowest BCUT2D eigenvalue weighted by atomic mass is 9.88. The van der Waals surface area contributed by atoms with Crippen molar-refractivity contribution < 1.29 is 9.53 Å². The average Bonchev–Trinajstić information content (AvgIpc) is 2.60. The molecule has 3 heteroatoms. The lowest BCUT2D eigenvalue weighted by molar-refractivity contribution is -0.117. The summed E-state index contributed by atoms with van der Waals surface area (Å²) in [5.41, 5.74) is 3.49. The smallest absolute Gasteiger partial charge is 0.244 e. The van der Waals surface area contributed by atoms with Crippen LogP contribution in [0, 0.1) is 0 Å². The maximum Gasteiger partial charge on any atom is 0.244 e. The average molecular weight is 307 g/mol. The SMILES string of the molecule is COc1ccccc1C=CC(=O)NC1CCCc2ccccc21. The van der Waals surface area contributed by atoms with E-state index in [4.69, 9.17) is 4.74 Å². The van der Waals surface area contributed by atoms with Crippen molar-refractivity contribution in [2.75, 3.05) is 7.11 Å². The molecule has 1 N–H and O–H groups in total. The van der Waals surface area contributed by atoms with Crippen molar-refractivity contribution in [3.8, 4) is 5.75 Å². The van der Waals surface area contributed by atoms with Gasteiger partial charge in [-0.15, -0.1) is 0 Å². The quantitative estimate of drug-likeness (QED) is 0.870. The van der Waals surface area contributed by atoms with Crippen LogP contribution in [0.3, 0.4) is 0 Å². The Bertz CT molecular complexity index is 721. The van der Waals surface area contributed by atoms with Gasteiger partial charge < -0.3 is 10.1 Å². The lowest BCUT2D eigenvalue weighted by Crippen LogP contribution is -2.29. The van der Waals surface area contributed by atoms with Crippen LogP contribution in [0.15, 0.2) is 54.6 Å². The molecule has 0 bridgehead atoms. The monoisotopic (exact) mass is 307 g/mol. The second-order valence-corrected chi connectivity index (χ2v) is 5.73. The first-order valence-electron chi connectivity index (χ1n) is 7.97. The number of carbonyl (C=O) groups is 1. The third-order valence-electron chi connectivity index (χ3n) is 4.24. The fourth-order valence-electron chi connectivity index (χ4n) is 3.09. The van der Waals surface area contributed by atoms with Gasteiger partial charge in [-0.05, 0) is 42.5 Å². The maximum absolute atomic E-state index is 12.3. The highest BCUT2D eigenvalue weighted by Gasteiger charge is 2.20. The number of methoxy groups -OCH3 is 1. The Kier molecular flexibility index (Phi) is 4.77. The molecule has 0 aromatic heterocycles. The van der Waals surface area contributed by atoms with Crippen LogP contribution >= 0.6 is 0 Å². The van der Waals surface area contributed by atoms with Gasteiger partial charge in [0.2, 0.25) is 5.91 Å². The summed E-state index contributed by atoms with van der Waals surface area (Å²) in [5, 5.41) is 3.12. The Morgan fingerprint density at radius 3 is 2.83 bits per heavy atom. The standard InChI is InChI=1S/C20H21NO2/c1-23-19-12-5-3-8-16(19)13-14-20(22)21-18-11-6-9-15-7-2-4-10-17(15)18/h2-5,7-8,10,12-14,18H,6,9,11H2,1H3,(H,21,22). The van der Waals surface area contributed by atoms with E-state index in [1.165, 1.54) is 11.1 Å². The lowest BCUT2D eigenvalue weighted by Gasteiger charge is -2.25. The molecule has 1 atom stereocenters. The molecule has 0 saturated heterocycles. The number of hydrogen-bond donors (Lipinski definition) is 1. The number of fused-ring (bicyclic) bond motifs is 1. The molecule has 3 nitrogen and oxygen atoms in total. The Balaban J connectivity index is 1.70. The summed E-state index contributed by atoms with van der Waals surface area (Å²) in [4.78, 5) is 12.3. The van der Waals surface area contributed by atoms with Crippen LogP contribution in [-0.2, 0) is 11.2 Å². The van der Waals surface area contributed by atoms with Gasteiger partial charge in [0.25, 0.3) is 0 Å².